The number of hydrogen-bond acceptors (Lipinski definition) is 4. The van der Waals surface area contributed by atoms with Gasteiger partial charge in [-0.3, -0.25) is 9.67 Å². The number of pyridine rings is 1. The van der Waals surface area contributed by atoms with Gasteiger partial charge in [-0.25, -0.2) is 13.1 Å². The van der Waals surface area contributed by atoms with Gasteiger partial charge < -0.3 is 0 Å². The van der Waals surface area contributed by atoms with Crippen LogP contribution in [0.5, 0.6) is 0 Å². The molecule has 152 valence electrons. The molecule has 1 N–H and O–H groups in total. The summed E-state index contributed by atoms with van der Waals surface area (Å²) in [5, 5.41) is 4.84. The number of sulfonamides is 1. The van der Waals surface area contributed by atoms with E-state index in [9.17, 15) is 8.42 Å². The van der Waals surface area contributed by atoms with E-state index in [1.54, 1.807) is 18.5 Å². The van der Waals surface area contributed by atoms with E-state index in [0.717, 1.165) is 48.1 Å². The summed E-state index contributed by atoms with van der Waals surface area (Å²) in [5.74, 6) is 0. The van der Waals surface area contributed by atoms with Gasteiger partial charge in [0, 0.05) is 35.8 Å². The van der Waals surface area contributed by atoms with Crippen LogP contribution < -0.4 is 4.72 Å². The average Bonchev–Trinajstić information content (AvgIpc) is 3.07. The van der Waals surface area contributed by atoms with Crippen LogP contribution in [0.15, 0.2) is 47.6 Å². The molecular formula is C22H26N4O2S. The highest BCUT2D eigenvalue weighted by molar-refractivity contribution is 7.89. The van der Waals surface area contributed by atoms with Crippen molar-refractivity contribution in [1.29, 1.82) is 0 Å². The van der Waals surface area contributed by atoms with Crippen molar-refractivity contribution in [1.82, 2.24) is 19.5 Å². The van der Waals surface area contributed by atoms with E-state index < -0.39 is 10.0 Å². The highest BCUT2D eigenvalue weighted by Crippen LogP contribution is 2.30. The van der Waals surface area contributed by atoms with Crippen LogP contribution in [-0.4, -0.2) is 29.7 Å². The normalized spacial score (nSPS) is 14.0. The van der Waals surface area contributed by atoms with E-state index in [2.05, 4.69) is 9.71 Å². The number of benzene rings is 1. The van der Waals surface area contributed by atoms with E-state index in [-0.39, 0.29) is 0 Å². The Bertz CT molecular complexity index is 1120. The van der Waals surface area contributed by atoms with E-state index in [1.165, 1.54) is 11.3 Å². The van der Waals surface area contributed by atoms with E-state index in [4.69, 9.17) is 5.10 Å². The molecule has 0 aliphatic heterocycles. The lowest BCUT2D eigenvalue weighted by Gasteiger charge is -2.15. The fourth-order valence-corrected chi connectivity index (χ4v) is 5.31. The predicted molar refractivity (Wildman–Crippen MR) is 113 cm³/mol. The minimum Gasteiger partial charge on any atom is -0.267 e. The van der Waals surface area contributed by atoms with Gasteiger partial charge in [0.2, 0.25) is 10.0 Å². The predicted octanol–water partition coefficient (Wildman–Crippen LogP) is 3.42. The fourth-order valence-electron chi connectivity index (χ4n) is 4.06. The second kappa shape index (κ2) is 8.08. The molecule has 29 heavy (non-hydrogen) atoms. The lowest BCUT2D eigenvalue weighted by molar-refractivity contribution is 0.538. The van der Waals surface area contributed by atoms with Crippen LogP contribution >= 0.6 is 0 Å². The van der Waals surface area contributed by atoms with Crippen LogP contribution in [0.4, 0.5) is 0 Å². The molecular weight excluding hydrogens is 384 g/mol. The molecule has 0 radical (unpaired) electrons. The largest absolute Gasteiger partial charge is 0.267 e. The van der Waals surface area contributed by atoms with Gasteiger partial charge in [0.15, 0.2) is 0 Å². The van der Waals surface area contributed by atoms with Crippen molar-refractivity contribution in [3.8, 4) is 11.3 Å². The molecule has 2 heterocycles. The molecule has 7 heteroatoms. The molecule has 0 unspecified atom stereocenters. The maximum absolute atomic E-state index is 12.7. The SMILES string of the molecule is Cc1ccc(S(=O)(=O)NCCn2nc(-c3ccncc3)c3c2CCCC3)c(C)c1. The topological polar surface area (TPSA) is 76.9 Å². The van der Waals surface area contributed by atoms with E-state index in [0.29, 0.717) is 18.0 Å². The molecule has 3 aromatic rings. The molecule has 6 nitrogen and oxygen atoms in total. The van der Waals surface area contributed by atoms with Crippen LogP contribution in [0.1, 0.15) is 35.2 Å². The first-order chi connectivity index (χ1) is 14.0. The Balaban J connectivity index is 1.54. The van der Waals surface area contributed by atoms with Gasteiger partial charge in [0.1, 0.15) is 0 Å². The molecule has 0 fully saturated rings. The third-order valence-corrected chi connectivity index (χ3v) is 7.07. The summed E-state index contributed by atoms with van der Waals surface area (Å²) in [7, 11) is -3.54. The van der Waals surface area contributed by atoms with Crippen LogP contribution in [0.2, 0.25) is 0 Å². The van der Waals surface area contributed by atoms with Gasteiger partial charge in [-0.2, -0.15) is 5.10 Å². The molecule has 1 aliphatic rings. The Morgan fingerprint density at radius 3 is 2.59 bits per heavy atom. The molecule has 4 rings (SSSR count). The number of fused-ring (bicyclic) bond motifs is 1. The first-order valence-corrected chi connectivity index (χ1v) is 11.5. The summed E-state index contributed by atoms with van der Waals surface area (Å²) < 4.78 is 30.2. The smallest absolute Gasteiger partial charge is 0.240 e. The van der Waals surface area contributed by atoms with Gasteiger partial charge in [-0.15, -0.1) is 0 Å². The number of nitrogens with zero attached hydrogens (tertiary/aromatic N) is 3. The number of nitrogens with one attached hydrogen (secondary N) is 1. The third-order valence-electron chi connectivity index (χ3n) is 5.45. The molecule has 0 saturated heterocycles. The van der Waals surface area contributed by atoms with Crippen molar-refractivity contribution in [2.24, 2.45) is 0 Å². The molecule has 2 aromatic heterocycles. The molecule has 0 bridgehead atoms. The summed E-state index contributed by atoms with van der Waals surface area (Å²) in [6.07, 6.45) is 7.86. The van der Waals surface area contributed by atoms with Crippen molar-refractivity contribution >= 4 is 10.0 Å². The quantitative estimate of drug-likeness (QED) is 0.676. The third kappa shape index (κ3) is 4.11. The van der Waals surface area contributed by atoms with Crippen LogP contribution in [0, 0.1) is 13.8 Å². The fraction of sp³-hybridized carbons (Fsp3) is 0.364. The standard InChI is InChI=1S/C22H26N4O2S/c1-16-7-8-21(17(2)15-16)29(27,28)24-13-14-26-20-6-4-3-5-19(20)22(25-26)18-9-11-23-12-10-18/h7-12,15,24H,3-6,13-14H2,1-2H3. The highest BCUT2D eigenvalue weighted by atomic mass is 32.2. The zero-order valence-electron chi connectivity index (χ0n) is 16.9. The first kappa shape index (κ1) is 19.8. The second-order valence-electron chi connectivity index (χ2n) is 7.61. The van der Waals surface area contributed by atoms with Crippen molar-refractivity contribution in [2.45, 2.75) is 51.0 Å². The average molecular weight is 411 g/mol. The zero-order valence-corrected chi connectivity index (χ0v) is 17.7. The van der Waals surface area contributed by atoms with Gasteiger partial charge in [0.05, 0.1) is 17.1 Å². The summed E-state index contributed by atoms with van der Waals surface area (Å²) in [6.45, 7) is 4.60. The van der Waals surface area contributed by atoms with Crippen molar-refractivity contribution in [2.75, 3.05) is 6.54 Å². The Hall–Kier alpha value is -2.51. The van der Waals surface area contributed by atoms with Gasteiger partial charge in [0.25, 0.3) is 0 Å². The maximum atomic E-state index is 12.7. The van der Waals surface area contributed by atoms with E-state index in [1.807, 2.05) is 42.8 Å². The number of aryl methyl sites for hydroxylation is 2. The second-order valence-corrected chi connectivity index (χ2v) is 9.34. The monoisotopic (exact) mass is 410 g/mol. The number of rotatable bonds is 6. The van der Waals surface area contributed by atoms with Crippen molar-refractivity contribution < 1.29 is 8.42 Å². The van der Waals surface area contributed by atoms with Gasteiger partial charge >= 0.3 is 0 Å². The van der Waals surface area contributed by atoms with E-state index >= 15 is 0 Å². The summed E-state index contributed by atoms with van der Waals surface area (Å²) >= 11 is 0. The lowest BCUT2D eigenvalue weighted by Crippen LogP contribution is -2.29. The molecule has 1 aliphatic carbocycles. The Morgan fingerprint density at radius 2 is 1.83 bits per heavy atom. The number of hydrogen-bond donors (Lipinski definition) is 1. The minimum absolute atomic E-state index is 0.305. The van der Waals surface area contributed by atoms with Gasteiger partial charge in [-0.05, 0) is 63.3 Å². The zero-order chi connectivity index (χ0) is 20.4. The Kier molecular flexibility index (Phi) is 5.52. The summed E-state index contributed by atoms with van der Waals surface area (Å²) in [4.78, 5) is 4.43. The summed E-state index contributed by atoms with van der Waals surface area (Å²) in [5.41, 5.74) is 6.39. The van der Waals surface area contributed by atoms with Crippen LogP contribution in [-0.2, 0) is 29.4 Å². The van der Waals surface area contributed by atoms with Crippen LogP contribution in [0.3, 0.4) is 0 Å². The highest BCUT2D eigenvalue weighted by Gasteiger charge is 2.22. The lowest BCUT2D eigenvalue weighted by atomic mass is 9.94. The molecule has 0 spiro atoms. The number of aromatic nitrogens is 3. The molecule has 0 saturated carbocycles. The maximum Gasteiger partial charge on any atom is 0.240 e. The van der Waals surface area contributed by atoms with Crippen molar-refractivity contribution in [3.05, 3.63) is 65.1 Å². The van der Waals surface area contributed by atoms with Crippen LogP contribution in [0.25, 0.3) is 11.3 Å². The molecule has 0 amide bonds. The molecule has 1 aromatic carbocycles. The Morgan fingerprint density at radius 1 is 1.07 bits per heavy atom. The first-order valence-electron chi connectivity index (χ1n) is 10.0. The summed E-state index contributed by atoms with van der Waals surface area (Å²) in [6, 6.07) is 9.34. The Labute approximate surface area is 172 Å². The minimum atomic E-state index is -3.54. The van der Waals surface area contributed by atoms with Gasteiger partial charge in [-0.1, -0.05) is 17.7 Å². The molecule has 0 atom stereocenters. The van der Waals surface area contributed by atoms with Crippen molar-refractivity contribution in [3.63, 3.8) is 0 Å².